The zero-order chi connectivity index (χ0) is 6.36. The summed E-state index contributed by atoms with van der Waals surface area (Å²) in [6, 6.07) is 0. The Bertz CT molecular complexity index is 127. The zero-order valence-electron chi connectivity index (χ0n) is 5.60. The molecule has 1 unspecified atom stereocenters. The molecule has 1 aliphatic rings. The molecule has 0 aliphatic carbocycles. The lowest BCUT2D eigenvalue weighted by Crippen LogP contribution is -2.28. The van der Waals surface area contributed by atoms with Gasteiger partial charge >= 0.3 is 0 Å². The molecule has 1 fully saturated rings. The minimum absolute atomic E-state index is 0.407. The summed E-state index contributed by atoms with van der Waals surface area (Å²) in [4.78, 5) is 0.627. The van der Waals surface area contributed by atoms with Crippen molar-refractivity contribution < 1.29 is 4.21 Å². The van der Waals surface area contributed by atoms with E-state index >= 15 is 0 Å². The Hall–Kier alpha value is 0.367. The van der Waals surface area contributed by atoms with E-state index in [9.17, 15) is 4.21 Å². The lowest BCUT2D eigenvalue weighted by atomic mass is 11.0. The fourth-order valence-electron chi connectivity index (χ4n) is 0.754. The van der Waals surface area contributed by atoms with Crippen LogP contribution in [-0.4, -0.2) is 22.9 Å². The average molecular weight is 148 g/mol. The fourth-order valence-corrected chi connectivity index (χ4v) is 6.79. The second-order valence-electron chi connectivity index (χ2n) is 3.40. The molecule has 1 heterocycles. The first-order chi connectivity index (χ1) is 3.52. The molecule has 1 saturated heterocycles. The van der Waals surface area contributed by atoms with Gasteiger partial charge in [-0.05, 0) is 0 Å². The summed E-state index contributed by atoms with van der Waals surface area (Å²) >= 11 is 0. The Balaban J connectivity index is 2.51. The van der Waals surface area contributed by atoms with Crippen molar-refractivity contribution in [3.05, 3.63) is 0 Å². The van der Waals surface area contributed by atoms with Crippen molar-refractivity contribution in [3.8, 4) is 0 Å². The molecule has 1 rings (SSSR count). The molecule has 0 aromatic heterocycles. The summed E-state index contributed by atoms with van der Waals surface area (Å²) in [5.41, 5.74) is 0. The largest absolute Gasteiger partial charge is 0.260 e. The van der Waals surface area contributed by atoms with Crippen molar-refractivity contribution >= 4 is 18.9 Å². The highest BCUT2D eigenvalue weighted by Gasteiger charge is 2.43. The van der Waals surface area contributed by atoms with E-state index in [0.29, 0.717) is 4.87 Å². The van der Waals surface area contributed by atoms with Gasteiger partial charge in [0.1, 0.15) is 0 Å². The highest BCUT2D eigenvalue weighted by atomic mass is 32.2. The molecule has 8 heavy (non-hydrogen) atoms. The minimum atomic E-state index is -0.987. The molecule has 0 radical (unpaired) electrons. The number of hydrogen-bond acceptors (Lipinski definition) is 1. The quantitative estimate of drug-likeness (QED) is 0.400. The number of rotatable bonds is 1. The van der Waals surface area contributed by atoms with Gasteiger partial charge in [0.2, 0.25) is 0 Å². The highest BCUT2D eigenvalue weighted by Crippen LogP contribution is 2.26. The molecule has 0 bridgehead atoms. The van der Waals surface area contributed by atoms with Crippen molar-refractivity contribution in [2.45, 2.75) is 24.5 Å². The van der Waals surface area contributed by atoms with Gasteiger partial charge in [-0.3, -0.25) is 4.21 Å². The normalized spacial score (nSPS) is 37.4. The van der Waals surface area contributed by atoms with Gasteiger partial charge in [-0.25, -0.2) is 0 Å². The summed E-state index contributed by atoms with van der Waals surface area (Å²) in [5.74, 6) is 0.996. The van der Waals surface area contributed by atoms with Gasteiger partial charge in [-0.1, -0.05) is 19.6 Å². The second-order valence-corrected chi connectivity index (χ2v) is 10.9. The summed E-state index contributed by atoms with van der Waals surface area (Å²) in [5, 5.41) is 0. The molecule has 1 aliphatic heterocycles. The first kappa shape index (κ1) is 6.49. The van der Waals surface area contributed by atoms with Crippen LogP contribution in [0.15, 0.2) is 0 Å². The van der Waals surface area contributed by atoms with E-state index in [1.165, 1.54) is 0 Å². The standard InChI is InChI=1S/C5H12OSSi/c1-8(2,3)5-4-7(5)6/h5H,4H2,1-3H3/t5-,7?/m1/s1. The Labute approximate surface area is 53.9 Å². The fraction of sp³-hybridized carbons (Fsp3) is 1.00. The van der Waals surface area contributed by atoms with Crippen LogP contribution in [0, 0.1) is 0 Å². The van der Waals surface area contributed by atoms with Gasteiger partial charge in [0.25, 0.3) is 0 Å². The maximum absolute atomic E-state index is 10.7. The van der Waals surface area contributed by atoms with Crippen LogP contribution in [0.1, 0.15) is 0 Å². The van der Waals surface area contributed by atoms with Crippen LogP contribution in [0.5, 0.6) is 0 Å². The van der Waals surface area contributed by atoms with Crippen LogP contribution in [0.2, 0.25) is 19.6 Å². The smallest absolute Gasteiger partial charge is 0.0632 e. The summed E-state index contributed by atoms with van der Waals surface area (Å²) in [6.07, 6.45) is 0. The van der Waals surface area contributed by atoms with E-state index < -0.39 is 18.9 Å². The van der Waals surface area contributed by atoms with Gasteiger partial charge in [-0.15, -0.1) is 0 Å². The predicted molar refractivity (Wildman–Crippen MR) is 40.1 cm³/mol. The van der Waals surface area contributed by atoms with Gasteiger partial charge in [-0.2, -0.15) is 0 Å². The van der Waals surface area contributed by atoms with E-state index in [-0.39, 0.29) is 0 Å². The molecule has 0 N–H and O–H groups in total. The van der Waals surface area contributed by atoms with E-state index in [1.54, 1.807) is 0 Å². The lowest BCUT2D eigenvalue weighted by Gasteiger charge is -2.10. The molecule has 0 saturated carbocycles. The average Bonchev–Trinajstić information content (AvgIpc) is 2.13. The topological polar surface area (TPSA) is 17.1 Å². The van der Waals surface area contributed by atoms with E-state index in [2.05, 4.69) is 19.6 Å². The molecule has 0 amide bonds. The Morgan fingerprint density at radius 3 is 1.88 bits per heavy atom. The molecule has 0 aromatic carbocycles. The van der Waals surface area contributed by atoms with Crippen LogP contribution in [-0.2, 0) is 10.8 Å². The predicted octanol–water partition coefficient (Wildman–Crippen LogP) is 0.995. The lowest BCUT2D eigenvalue weighted by molar-refractivity contribution is 0.694. The van der Waals surface area contributed by atoms with E-state index in [1.807, 2.05) is 0 Å². The molecule has 48 valence electrons. The third-order valence-electron chi connectivity index (χ3n) is 1.48. The SMILES string of the molecule is C[Si](C)(C)[C@@H]1CS1=O. The summed E-state index contributed by atoms with van der Waals surface area (Å²) < 4.78 is 10.7. The van der Waals surface area contributed by atoms with Crippen molar-refractivity contribution in [1.82, 2.24) is 0 Å². The van der Waals surface area contributed by atoms with Crippen molar-refractivity contribution in [2.75, 3.05) is 5.75 Å². The van der Waals surface area contributed by atoms with Crippen molar-refractivity contribution in [3.63, 3.8) is 0 Å². The monoisotopic (exact) mass is 148 g/mol. The maximum atomic E-state index is 10.7. The highest BCUT2D eigenvalue weighted by molar-refractivity contribution is 7.95. The van der Waals surface area contributed by atoms with Crippen LogP contribution in [0.4, 0.5) is 0 Å². The zero-order valence-corrected chi connectivity index (χ0v) is 7.42. The summed E-state index contributed by atoms with van der Waals surface area (Å²) in [7, 11) is -1.39. The molecule has 1 nitrogen and oxygen atoms in total. The van der Waals surface area contributed by atoms with E-state index in [4.69, 9.17) is 0 Å². The van der Waals surface area contributed by atoms with Crippen LogP contribution >= 0.6 is 0 Å². The van der Waals surface area contributed by atoms with Gasteiger partial charge in [0, 0.05) is 21.4 Å². The Morgan fingerprint density at radius 1 is 1.50 bits per heavy atom. The molecular formula is C5H12OSSi. The van der Waals surface area contributed by atoms with Gasteiger partial charge < -0.3 is 0 Å². The van der Waals surface area contributed by atoms with Gasteiger partial charge in [0.15, 0.2) is 0 Å². The van der Waals surface area contributed by atoms with E-state index in [0.717, 1.165) is 5.75 Å². The van der Waals surface area contributed by atoms with Crippen LogP contribution in [0.25, 0.3) is 0 Å². The van der Waals surface area contributed by atoms with Crippen LogP contribution < -0.4 is 0 Å². The first-order valence-corrected chi connectivity index (χ1v) is 7.85. The molecule has 2 atom stereocenters. The van der Waals surface area contributed by atoms with Gasteiger partial charge in [0.05, 0.1) is 8.07 Å². The summed E-state index contributed by atoms with van der Waals surface area (Å²) in [6.45, 7) is 6.84. The molecule has 0 aromatic rings. The minimum Gasteiger partial charge on any atom is -0.260 e. The third kappa shape index (κ3) is 1.20. The van der Waals surface area contributed by atoms with Crippen molar-refractivity contribution in [2.24, 2.45) is 0 Å². The molecule has 3 heteroatoms. The van der Waals surface area contributed by atoms with Crippen LogP contribution in [0.3, 0.4) is 0 Å². The Kier molecular flexibility index (Phi) is 1.36. The maximum Gasteiger partial charge on any atom is 0.0632 e. The van der Waals surface area contributed by atoms with Crippen molar-refractivity contribution in [1.29, 1.82) is 0 Å². The molecule has 0 spiro atoms. The second kappa shape index (κ2) is 1.67. The molecular weight excluding hydrogens is 136 g/mol. The Morgan fingerprint density at radius 2 is 1.88 bits per heavy atom. The number of hydrogen-bond donors (Lipinski definition) is 0. The third-order valence-corrected chi connectivity index (χ3v) is 7.86. The first-order valence-electron chi connectivity index (χ1n) is 2.89.